The van der Waals surface area contributed by atoms with Crippen LogP contribution in [-0.2, 0) is 32.6 Å². The Morgan fingerprint density at radius 1 is 0.870 bits per heavy atom. The molecule has 1 atom stereocenters. The molecule has 4 rings (SSSR count). The molecule has 46 heavy (non-hydrogen) atoms. The second-order valence-corrected chi connectivity index (χ2v) is 13.3. The number of hydrogen-bond donors (Lipinski definition) is 1. The predicted molar refractivity (Wildman–Crippen MR) is 183 cm³/mol. The van der Waals surface area contributed by atoms with E-state index >= 15 is 0 Å². The van der Waals surface area contributed by atoms with E-state index < -0.39 is 28.5 Å². The first-order valence-corrected chi connectivity index (χ1v) is 17.1. The van der Waals surface area contributed by atoms with Gasteiger partial charge in [-0.15, -0.1) is 0 Å². The number of carbonyl (C=O) groups is 2. The van der Waals surface area contributed by atoms with E-state index in [2.05, 4.69) is 5.32 Å². The highest BCUT2D eigenvalue weighted by atomic mass is 35.5. The van der Waals surface area contributed by atoms with Crippen LogP contribution in [-0.4, -0.2) is 51.4 Å². The Morgan fingerprint density at radius 3 is 2.20 bits per heavy atom. The highest BCUT2D eigenvalue weighted by Gasteiger charge is 2.35. The Balaban J connectivity index is 1.82. The van der Waals surface area contributed by atoms with E-state index in [4.69, 9.17) is 27.9 Å². The SMILES string of the molecule is CCCCNC(=O)[C@H](Cc1ccccc1)N(Cc1cccc(OC)c1)C(=O)CN(c1cccc(Cl)c1Cl)S(=O)(=O)c1ccccc1. The van der Waals surface area contributed by atoms with E-state index in [0.717, 1.165) is 22.7 Å². The molecule has 0 bridgehead atoms. The van der Waals surface area contributed by atoms with Crippen molar-refractivity contribution < 1.29 is 22.7 Å². The summed E-state index contributed by atoms with van der Waals surface area (Å²) in [5.74, 6) is -0.368. The molecule has 8 nitrogen and oxygen atoms in total. The predicted octanol–water partition coefficient (Wildman–Crippen LogP) is 6.75. The number of amides is 2. The molecule has 0 aliphatic rings. The molecule has 0 unspecified atom stereocenters. The standard InChI is InChI=1S/C35H37Cl2N3O5S/c1-3-4-21-38-35(42)32(23-26-13-7-5-8-14-26)39(24-27-15-11-16-28(22-27)45-2)33(41)25-40(31-20-12-19-30(36)34(31)37)46(43,44)29-17-9-6-10-18-29/h5-20,22,32H,3-4,21,23-25H2,1-2H3,(H,38,42)/t32-/m0/s1. The molecule has 2 amide bonds. The first-order valence-electron chi connectivity index (χ1n) is 14.9. The summed E-state index contributed by atoms with van der Waals surface area (Å²) < 4.78 is 34.6. The molecule has 0 aliphatic carbocycles. The lowest BCUT2D eigenvalue weighted by Gasteiger charge is -2.34. The number of unbranched alkanes of at least 4 members (excludes halogenated alkanes) is 1. The molecular weight excluding hydrogens is 645 g/mol. The summed E-state index contributed by atoms with van der Waals surface area (Å²) >= 11 is 12.9. The summed E-state index contributed by atoms with van der Waals surface area (Å²) in [5.41, 5.74) is 1.58. The number of halogens is 2. The third-order valence-corrected chi connectivity index (χ3v) is 9.98. The van der Waals surface area contributed by atoms with Crippen LogP contribution in [0, 0.1) is 0 Å². The lowest BCUT2D eigenvalue weighted by molar-refractivity contribution is -0.140. The van der Waals surface area contributed by atoms with Crippen molar-refractivity contribution in [2.75, 3.05) is 24.5 Å². The number of benzene rings is 4. The molecule has 242 valence electrons. The topological polar surface area (TPSA) is 96.0 Å². The maximum atomic E-state index is 14.6. The number of nitrogens with zero attached hydrogens (tertiary/aromatic N) is 2. The van der Waals surface area contributed by atoms with Crippen LogP contribution < -0.4 is 14.4 Å². The summed E-state index contributed by atoms with van der Waals surface area (Å²) in [7, 11) is -2.76. The third-order valence-electron chi connectivity index (χ3n) is 7.40. The minimum atomic E-state index is -4.31. The quantitative estimate of drug-likeness (QED) is 0.140. The number of ether oxygens (including phenoxy) is 1. The second kappa shape index (κ2) is 16.5. The molecule has 4 aromatic rings. The summed E-state index contributed by atoms with van der Waals surface area (Å²) in [4.78, 5) is 29.8. The lowest BCUT2D eigenvalue weighted by atomic mass is 10.0. The molecule has 0 saturated heterocycles. The van der Waals surface area contributed by atoms with Gasteiger partial charge in [-0.3, -0.25) is 13.9 Å². The maximum absolute atomic E-state index is 14.6. The van der Waals surface area contributed by atoms with Gasteiger partial charge in [0.2, 0.25) is 11.8 Å². The zero-order chi connectivity index (χ0) is 33.1. The smallest absolute Gasteiger partial charge is 0.264 e. The molecular formula is C35H37Cl2N3O5S. The fraction of sp³-hybridized carbons (Fsp3) is 0.257. The Bertz CT molecular complexity index is 1720. The van der Waals surface area contributed by atoms with E-state index in [1.807, 2.05) is 43.3 Å². The van der Waals surface area contributed by atoms with Crippen LogP contribution in [0.4, 0.5) is 5.69 Å². The van der Waals surface area contributed by atoms with Gasteiger partial charge in [0.25, 0.3) is 10.0 Å². The number of hydrogen-bond acceptors (Lipinski definition) is 5. The minimum absolute atomic E-state index is 0.0111. The molecule has 0 spiro atoms. The molecule has 1 N–H and O–H groups in total. The lowest BCUT2D eigenvalue weighted by Crippen LogP contribution is -2.53. The van der Waals surface area contributed by atoms with Crippen LogP contribution in [0.5, 0.6) is 5.75 Å². The monoisotopic (exact) mass is 681 g/mol. The van der Waals surface area contributed by atoms with E-state index in [0.29, 0.717) is 17.9 Å². The van der Waals surface area contributed by atoms with Gasteiger partial charge in [0, 0.05) is 19.5 Å². The van der Waals surface area contributed by atoms with Crippen molar-refractivity contribution in [1.82, 2.24) is 10.2 Å². The van der Waals surface area contributed by atoms with Crippen molar-refractivity contribution in [3.05, 3.63) is 124 Å². The Labute approximate surface area is 280 Å². The van der Waals surface area contributed by atoms with Gasteiger partial charge in [-0.25, -0.2) is 8.42 Å². The largest absolute Gasteiger partial charge is 0.497 e. The van der Waals surface area contributed by atoms with Crippen LogP contribution in [0.25, 0.3) is 0 Å². The summed E-state index contributed by atoms with van der Waals surface area (Å²) in [5, 5.41) is 3.09. The van der Waals surface area contributed by atoms with E-state index in [1.54, 1.807) is 49.6 Å². The van der Waals surface area contributed by atoms with Gasteiger partial charge in [-0.05, 0) is 53.9 Å². The van der Waals surface area contributed by atoms with Gasteiger partial charge in [-0.1, -0.05) is 103 Å². The minimum Gasteiger partial charge on any atom is -0.497 e. The highest BCUT2D eigenvalue weighted by Crippen LogP contribution is 2.35. The number of methoxy groups -OCH3 is 1. The molecule has 4 aromatic carbocycles. The number of nitrogens with one attached hydrogen (secondary N) is 1. The van der Waals surface area contributed by atoms with Gasteiger partial charge in [0.05, 0.1) is 27.7 Å². The zero-order valence-corrected chi connectivity index (χ0v) is 28.1. The fourth-order valence-electron chi connectivity index (χ4n) is 4.95. The number of carbonyl (C=O) groups excluding carboxylic acids is 2. The molecule has 0 heterocycles. The summed E-state index contributed by atoms with van der Waals surface area (Å²) in [6.07, 6.45) is 1.85. The fourth-order valence-corrected chi connectivity index (χ4v) is 6.84. The van der Waals surface area contributed by atoms with Gasteiger partial charge in [0.1, 0.15) is 18.3 Å². The first kappa shape index (κ1) is 34.8. The average molecular weight is 683 g/mol. The van der Waals surface area contributed by atoms with E-state index in [1.165, 1.54) is 29.2 Å². The van der Waals surface area contributed by atoms with E-state index in [-0.39, 0.29) is 39.5 Å². The van der Waals surface area contributed by atoms with Crippen LogP contribution in [0.2, 0.25) is 10.0 Å². The molecule has 0 saturated carbocycles. The average Bonchev–Trinajstić information content (AvgIpc) is 3.07. The number of sulfonamides is 1. The Kier molecular flexibility index (Phi) is 12.5. The summed E-state index contributed by atoms with van der Waals surface area (Å²) in [6, 6.07) is 28.0. The third kappa shape index (κ3) is 8.81. The van der Waals surface area contributed by atoms with Gasteiger partial charge >= 0.3 is 0 Å². The van der Waals surface area contributed by atoms with Crippen molar-refractivity contribution in [2.24, 2.45) is 0 Å². The summed E-state index contributed by atoms with van der Waals surface area (Å²) in [6.45, 7) is 1.83. The van der Waals surface area contributed by atoms with E-state index in [9.17, 15) is 18.0 Å². The van der Waals surface area contributed by atoms with Crippen molar-refractivity contribution >= 4 is 50.7 Å². The zero-order valence-electron chi connectivity index (χ0n) is 25.7. The van der Waals surface area contributed by atoms with Crippen molar-refractivity contribution in [3.63, 3.8) is 0 Å². The van der Waals surface area contributed by atoms with Crippen LogP contribution in [0.3, 0.4) is 0 Å². The molecule has 0 aliphatic heterocycles. The molecule has 11 heteroatoms. The number of rotatable bonds is 15. The maximum Gasteiger partial charge on any atom is 0.264 e. The Morgan fingerprint density at radius 2 is 1.52 bits per heavy atom. The van der Waals surface area contributed by atoms with Gasteiger partial charge < -0.3 is 15.0 Å². The van der Waals surface area contributed by atoms with Gasteiger partial charge in [0.15, 0.2) is 0 Å². The molecule has 0 radical (unpaired) electrons. The molecule has 0 fully saturated rings. The van der Waals surface area contributed by atoms with Crippen LogP contribution in [0.1, 0.15) is 30.9 Å². The Hall–Kier alpha value is -4.05. The molecule has 0 aromatic heterocycles. The highest BCUT2D eigenvalue weighted by molar-refractivity contribution is 7.92. The van der Waals surface area contributed by atoms with Crippen LogP contribution in [0.15, 0.2) is 108 Å². The first-order chi connectivity index (χ1) is 22.1. The van der Waals surface area contributed by atoms with Crippen LogP contribution >= 0.6 is 23.2 Å². The van der Waals surface area contributed by atoms with Crippen molar-refractivity contribution in [3.8, 4) is 5.75 Å². The number of anilines is 1. The normalized spacial score (nSPS) is 11.8. The van der Waals surface area contributed by atoms with Gasteiger partial charge in [-0.2, -0.15) is 0 Å². The van der Waals surface area contributed by atoms with Crippen molar-refractivity contribution in [2.45, 2.75) is 43.7 Å². The van der Waals surface area contributed by atoms with Crippen molar-refractivity contribution in [1.29, 1.82) is 0 Å². The second-order valence-electron chi connectivity index (χ2n) is 10.6.